The highest BCUT2D eigenvalue weighted by Gasteiger charge is 2.58. The Labute approximate surface area is 128 Å². The average Bonchev–Trinajstić information content (AvgIpc) is 2.77. The van der Waals surface area contributed by atoms with E-state index >= 15 is 0 Å². The number of ketones is 1. The Morgan fingerprint density at radius 3 is 2.50 bits per heavy atom. The molecule has 0 aromatic rings. The predicted molar refractivity (Wildman–Crippen MR) is 74.3 cm³/mol. The summed E-state index contributed by atoms with van der Waals surface area (Å²) in [5.41, 5.74) is -1.02. The van der Waals surface area contributed by atoms with E-state index in [0.717, 1.165) is 0 Å². The van der Waals surface area contributed by atoms with Crippen LogP contribution >= 0.6 is 0 Å². The summed E-state index contributed by atoms with van der Waals surface area (Å²) in [6, 6.07) is 0. The normalized spacial score (nSPS) is 27.3. The van der Waals surface area contributed by atoms with Crippen LogP contribution < -0.4 is 0 Å². The number of carbonyl (C=O) groups excluding carboxylic acids is 4. The number of amides is 1. The Morgan fingerprint density at radius 1 is 1.27 bits per heavy atom. The molecule has 2 aliphatic heterocycles. The molecule has 0 aliphatic carbocycles. The zero-order valence-corrected chi connectivity index (χ0v) is 12.9. The molecule has 1 fully saturated rings. The van der Waals surface area contributed by atoms with Gasteiger partial charge in [-0.3, -0.25) is 19.3 Å². The van der Waals surface area contributed by atoms with Crippen LogP contribution in [0.3, 0.4) is 0 Å². The highest BCUT2D eigenvalue weighted by atomic mass is 16.5. The fraction of sp³-hybridized carbons (Fsp3) is 0.600. The van der Waals surface area contributed by atoms with Crippen molar-refractivity contribution in [2.75, 3.05) is 13.2 Å². The summed E-state index contributed by atoms with van der Waals surface area (Å²) in [6.07, 6.45) is 1.35. The average molecular weight is 309 g/mol. The van der Waals surface area contributed by atoms with Crippen LogP contribution in [0.1, 0.15) is 33.6 Å². The number of hydrogen-bond donors (Lipinski definition) is 0. The third-order valence-electron chi connectivity index (χ3n) is 3.99. The first-order valence-electron chi connectivity index (χ1n) is 7.26. The molecule has 7 nitrogen and oxygen atoms in total. The van der Waals surface area contributed by atoms with Crippen LogP contribution in [0.5, 0.6) is 0 Å². The van der Waals surface area contributed by atoms with Gasteiger partial charge >= 0.3 is 11.9 Å². The molecular formula is C15H19NO6. The van der Waals surface area contributed by atoms with Crippen LogP contribution in [0.25, 0.3) is 0 Å². The first kappa shape index (κ1) is 16.2. The van der Waals surface area contributed by atoms with Gasteiger partial charge in [-0.25, -0.2) is 4.79 Å². The molecule has 2 heterocycles. The van der Waals surface area contributed by atoms with Gasteiger partial charge in [0.25, 0.3) is 0 Å². The second-order valence-corrected chi connectivity index (χ2v) is 5.43. The van der Waals surface area contributed by atoms with Crippen LogP contribution in [0.4, 0.5) is 0 Å². The summed E-state index contributed by atoms with van der Waals surface area (Å²) in [6.45, 7) is 5.25. The van der Waals surface area contributed by atoms with Crippen molar-refractivity contribution in [3.63, 3.8) is 0 Å². The Balaban J connectivity index is 2.37. The summed E-state index contributed by atoms with van der Waals surface area (Å²) >= 11 is 0. The number of rotatable bonds is 4. The van der Waals surface area contributed by atoms with Gasteiger partial charge in [0.2, 0.25) is 5.91 Å². The van der Waals surface area contributed by atoms with Gasteiger partial charge in [0.15, 0.2) is 5.78 Å². The lowest BCUT2D eigenvalue weighted by Gasteiger charge is -2.43. The number of esters is 2. The van der Waals surface area contributed by atoms with Crippen molar-refractivity contribution in [1.29, 1.82) is 0 Å². The summed E-state index contributed by atoms with van der Waals surface area (Å²) in [5, 5.41) is 0. The quantitative estimate of drug-likeness (QED) is 0.557. The third-order valence-corrected chi connectivity index (χ3v) is 3.99. The van der Waals surface area contributed by atoms with Gasteiger partial charge in [-0.15, -0.1) is 0 Å². The van der Waals surface area contributed by atoms with Crippen LogP contribution in [0.2, 0.25) is 0 Å². The van der Waals surface area contributed by atoms with Crippen LogP contribution in [0.15, 0.2) is 11.8 Å². The maximum atomic E-state index is 12.2. The maximum absolute atomic E-state index is 12.2. The van der Waals surface area contributed by atoms with Gasteiger partial charge in [0, 0.05) is 0 Å². The van der Waals surface area contributed by atoms with E-state index < -0.39 is 41.5 Å². The first-order chi connectivity index (χ1) is 10.4. The lowest BCUT2D eigenvalue weighted by molar-refractivity contribution is -0.166. The molecule has 1 saturated heterocycles. The van der Waals surface area contributed by atoms with Gasteiger partial charge in [0.1, 0.15) is 11.6 Å². The predicted octanol–water partition coefficient (Wildman–Crippen LogP) is 0.576. The van der Waals surface area contributed by atoms with Gasteiger partial charge in [0.05, 0.1) is 25.2 Å². The molecule has 2 unspecified atom stereocenters. The molecule has 0 aromatic heterocycles. The van der Waals surface area contributed by atoms with Crippen LogP contribution in [0, 0.1) is 5.92 Å². The van der Waals surface area contributed by atoms with E-state index in [1.54, 1.807) is 26.8 Å². The molecule has 0 spiro atoms. The molecule has 0 aromatic carbocycles. The van der Waals surface area contributed by atoms with Gasteiger partial charge < -0.3 is 9.47 Å². The van der Waals surface area contributed by atoms with Crippen molar-refractivity contribution in [3.8, 4) is 0 Å². The molecule has 2 atom stereocenters. The fourth-order valence-electron chi connectivity index (χ4n) is 3.09. The number of hydrogen-bond acceptors (Lipinski definition) is 6. The fourth-order valence-corrected chi connectivity index (χ4v) is 3.09. The maximum Gasteiger partial charge on any atom is 0.354 e. The minimum atomic E-state index is -1.11. The topological polar surface area (TPSA) is 90.0 Å². The SMILES string of the molecule is CCOC(=O)C1=CCC2(C)C(C(=O)OCC)C(=O)CC(=O)N12. The van der Waals surface area contributed by atoms with Crippen molar-refractivity contribution >= 4 is 23.6 Å². The minimum Gasteiger partial charge on any atom is -0.465 e. The highest BCUT2D eigenvalue weighted by molar-refractivity contribution is 6.13. The monoisotopic (exact) mass is 309 g/mol. The number of piperidine rings is 1. The molecule has 2 aliphatic rings. The number of fused-ring (bicyclic) bond motifs is 1. The summed E-state index contributed by atoms with van der Waals surface area (Å²) in [5.74, 6) is -3.35. The van der Waals surface area contributed by atoms with E-state index in [1.807, 2.05) is 0 Å². The van der Waals surface area contributed by atoms with E-state index in [9.17, 15) is 19.2 Å². The first-order valence-corrected chi connectivity index (χ1v) is 7.26. The summed E-state index contributed by atoms with van der Waals surface area (Å²) in [7, 11) is 0. The zero-order valence-electron chi connectivity index (χ0n) is 12.9. The van der Waals surface area contributed by atoms with Gasteiger partial charge in [-0.1, -0.05) is 6.08 Å². The molecule has 0 radical (unpaired) electrons. The Bertz CT molecular complexity index is 566. The van der Waals surface area contributed by atoms with E-state index in [1.165, 1.54) is 4.90 Å². The second kappa shape index (κ2) is 5.90. The van der Waals surface area contributed by atoms with E-state index in [-0.39, 0.29) is 25.3 Å². The molecule has 120 valence electrons. The minimum absolute atomic E-state index is 0.0937. The number of nitrogens with zero attached hydrogens (tertiary/aromatic N) is 1. The van der Waals surface area contributed by atoms with Crippen molar-refractivity contribution < 1.29 is 28.7 Å². The smallest absolute Gasteiger partial charge is 0.354 e. The molecule has 2 rings (SSSR count). The lowest BCUT2D eigenvalue weighted by Crippen LogP contribution is -2.61. The molecule has 0 saturated carbocycles. The molecule has 22 heavy (non-hydrogen) atoms. The Kier molecular flexibility index (Phi) is 4.35. The molecule has 7 heteroatoms. The van der Waals surface area contributed by atoms with Crippen molar-refractivity contribution in [3.05, 3.63) is 11.8 Å². The van der Waals surface area contributed by atoms with E-state index in [2.05, 4.69) is 0 Å². The number of Topliss-reactive ketones (excluding diaryl/α,β-unsaturated/α-hetero) is 1. The van der Waals surface area contributed by atoms with Crippen LogP contribution in [-0.4, -0.2) is 47.3 Å². The van der Waals surface area contributed by atoms with E-state index in [0.29, 0.717) is 0 Å². The third kappa shape index (κ3) is 2.40. The van der Waals surface area contributed by atoms with E-state index in [4.69, 9.17) is 9.47 Å². The van der Waals surface area contributed by atoms with Crippen molar-refractivity contribution in [2.24, 2.45) is 5.92 Å². The lowest BCUT2D eigenvalue weighted by atomic mass is 9.76. The zero-order chi connectivity index (χ0) is 16.5. The van der Waals surface area contributed by atoms with Gasteiger partial charge in [-0.05, 0) is 27.2 Å². The molecular weight excluding hydrogens is 290 g/mol. The van der Waals surface area contributed by atoms with Crippen molar-refractivity contribution in [2.45, 2.75) is 39.2 Å². The molecule has 0 N–H and O–H groups in total. The number of carbonyl (C=O) groups is 4. The Morgan fingerprint density at radius 2 is 1.91 bits per heavy atom. The highest BCUT2D eigenvalue weighted by Crippen LogP contribution is 2.43. The van der Waals surface area contributed by atoms with Crippen LogP contribution in [-0.2, 0) is 28.7 Å². The molecule has 1 amide bonds. The molecule has 0 bridgehead atoms. The summed E-state index contributed by atoms with van der Waals surface area (Å²) < 4.78 is 9.90. The Hall–Kier alpha value is -2.18. The summed E-state index contributed by atoms with van der Waals surface area (Å²) in [4.78, 5) is 49.8. The second-order valence-electron chi connectivity index (χ2n) is 5.43. The van der Waals surface area contributed by atoms with Gasteiger partial charge in [-0.2, -0.15) is 0 Å². The number of ether oxygens (including phenoxy) is 2. The largest absolute Gasteiger partial charge is 0.465 e. The van der Waals surface area contributed by atoms with Crippen molar-refractivity contribution in [1.82, 2.24) is 4.90 Å². The standard InChI is InChI=1S/C15H19NO6/c1-4-21-13(19)9-6-7-15(3)12(14(20)22-5-2)10(17)8-11(18)16(9)15/h6,12H,4-5,7-8H2,1-3H3.